The van der Waals surface area contributed by atoms with E-state index in [2.05, 4.69) is 12.1 Å². The van der Waals surface area contributed by atoms with Crippen molar-refractivity contribution in [3.8, 4) is 11.5 Å². The summed E-state index contributed by atoms with van der Waals surface area (Å²) in [5.74, 6) is 1.19. The summed E-state index contributed by atoms with van der Waals surface area (Å²) >= 11 is 0. The molecule has 1 amide bonds. The smallest absolute Gasteiger partial charge is 0.209 e. The zero-order valence-electron chi connectivity index (χ0n) is 14.6. The molecule has 1 aliphatic rings. The van der Waals surface area contributed by atoms with Gasteiger partial charge in [-0.25, -0.2) is 0 Å². The molecule has 5 heteroatoms. The molecule has 5 nitrogen and oxygen atoms in total. The number of benzene rings is 2. The molecule has 1 unspecified atom stereocenters. The van der Waals surface area contributed by atoms with Crippen LogP contribution in [0.2, 0.25) is 0 Å². The summed E-state index contributed by atoms with van der Waals surface area (Å²) in [5, 5.41) is 9.98. The first-order valence-electron chi connectivity index (χ1n) is 8.35. The molecule has 0 saturated carbocycles. The van der Waals surface area contributed by atoms with Gasteiger partial charge in [0, 0.05) is 24.6 Å². The van der Waals surface area contributed by atoms with Gasteiger partial charge < -0.3 is 19.5 Å². The van der Waals surface area contributed by atoms with Crippen LogP contribution in [0.15, 0.2) is 36.4 Å². The van der Waals surface area contributed by atoms with E-state index >= 15 is 0 Å². The lowest BCUT2D eigenvalue weighted by molar-refractivity contribution is -0.118. The van der Waals surface area contributed by atoms with Crippen LogP contribution in [0.1, 0.15) is 28.2 Å². The lowest BCUT2D eigenvalue weighted by Crippen LogP contribution is -2.27. The largest absolute Gasteiger partial charge is 0.493 e. The Balaban J connectivity index is 2.23. The van der Waals surface area contributed by atoms with E-state index in [-0.39, 0.29) is 12.5 Å². The molecule has 1 N–H and O–H groups in total. The van der Waals surface area contributed by atoms with Crippen LogP contribution in [0.3, 0.4) is 0 Å². The van der Waals surface area contributed by atoms with Gasteiger partial charge in [0.2, 0.25) is 6.41 Å². The monoisotopic (exact) mass is 341 g/mol. The molecule has 132 valence electrons. The summed E-state index contributed by atoms with van der Waals surface area (Å²) < 4.78 is 11.0. The molecule has 0 saturated heterocycles. The SMILES string of the molecule is COc1cc2c(c(CO)c1OC)CCN(C=O)CC2c1ccccc1. The van der Waals surface area contributed by atoms with Crippen molar-refractivity contribution in [1.29, 1.82) is 0 Å². The van der Waals surface area contributed by atoms with Crippen LogP contribution < -0.4 is 9.47 Å². The summed E-state index contributed by atoms with van der Waals surface area (Å²) in [6.07, 6.45) is 1.57. The molecule has 0 bridgehead atoms. The Kier molecular flexibility index (Phi) is 5.24. The minimum Gasteiger partial charge on any atom is -0.493 e. The lowest BCUT2D eigenvalue weighted by atomic mass is 9.85. The van der Waals surface area contributed by atoms with Crippen molar-refractivity contribution in [2.24, 2.45) is 0 Å². The first-order chi connectivity index (χ1) is 12.2. The van der Waals surface area contributed by atoms with Gasteiger partial charge in [-0.15, -0.1) is 0 Å². The third-order valence-electron chi connectivity index (χ3n) is 4.87. The fourth-order valence-corrected chi connectivity index (χ4v) is 3.65. The van der Waals surface area contributed by atoms with E-state index in [0.717, 1.165) is 28.7 Å². The van der Waals surface area contributed by atoms with Crippen LogP contribution >= 0.6 is 0 Å². The highest BCUT2D eigenvalue weighted by atomic mass is 16.5. The molecule has 1 heterocycles. The third kappa shape index (κ3) is 3.20. The van der Waals surface area contributed by atoms with Gasteiger partial charge in [0.15, 0.2) is 11.5 Å². The molecule has 1 atom stereocenters. The molecule has 0 aliphatic carbocycles. The summed E-state index contributed by atoms with van der Waals surface area (Å²) in [5.41, 5.74) is 4.00. The van der Waals surface area contributed by atoms with Crippen LogP contribution in [-0.4, -0.2) is 43.7 Å². The number of carbonyl (C=O) groups excluding carboxylic acids is 1. The number of nitrogens with zero attached hydrogens (tertiary/aromatic N) is 1. The third-order valence-corrected chi connectivity index (χ3v) is 4.87. The van der Waals surface area contributed by atoms with Crippen molar-refractivity contribution >= 4 is 6.41 Å². The molecule has 25 heavy (non-hydrogen) atoms. The lowest BCUT2D eigenvalue weighted by Gasteiger charge is -2.24. The maximum atomic E-state index is 11.5. The number of rotatable bonds is 5. The predicted molar refractivity (Wildman–Crippen MR) is 95.1 cm³/mol. The Morgan fingerprint density at radius 3 is 2.60 bits per heavy atom. The second-order valence-corrected chi connectivity index (χ2v) is 6.13. The molecule has 3 rings (SSSR count). The van der Waals surface area contributed by atoms with E-state index in [4.69, 9.17) is 9.47 Å². The van der Waals surface area contributed by atoms with Crippen LogP contribution in [-0.2, 0) is 17.8 Å². The first kappa shape index (κ1) is 17.3. The number of amides is 1. The van der Waals surface area contributed by atoms with Gasteiger partial charge >= 0.3 is 0 Å². The maximum absolute atomic E-state index is 11.5. The fourth-order valence-electron chi connectivity index (χ4n) is 3.65. The Hall–Kier alpha value is -2.53. The highest BCUT2D eigenvalue weighted by molar-refractivity contribution is 5.58. The van der Waals surface area contributed by atoms with Crippen LogP contribution in [0.5, 0.6) is 11.5 Å². The van der Waals surface area contributed by atoms with Gasteiger partial charge in [-0.05, 0) is 29.2 Å². The molecular formula is C20H23NO4. The number of carbonyl (C=O) groups is 1. The number of hydrogen-bond donors (Lipinski definition) is 1. The average Bonchev–Trinajstić information content (AvgIpc) is 2.86. The molecule has 2 aromatic carbocycles. The first-order valence-corrected chi connectivity index (χ1v) is 8.35. The maximum Gasteiger partial charge on any atom is 0.209 e. The second kappa shape index (κ2) is 7.57. The zero-order chi connectivity index (χ0) is 17.8. The number of aliphatic hydroxyl groups excluding tert-OH is 1. The highest BCUT2D eigenvalue weighted by Crippen LogP contribution is 2.42. The topological polar surface area (TPSA) is 59.0 Å². The summed E-state index contributed by atoms with van der Waals surface area (Å²) in [7, 11) is 3.17. The van der Waals surface area contributed by atoms with Crippen LogP contribution in [0.25, 0.3) is 0 Å². The molecule has 0 radical (unpaired) electrons. The highest BCUT2D eigenvalue weighted by Gasteiger charge is 2.29. The number of fused-ring (bicyclic) bond motifs is 1. The van der Waals surface area contributed by atoms with E-state index in [1.165, 1.54) is 0 Å². The van der Waals surface area contributed by atoms with Gasteiger partial charge in [-0.1, -0.05) is 30.3 Å². The van der Waals surface area contributed by atoms with Gasteiger partial charge in [-0.2, -0.15) is 0 Å². The normalized spacial score (nSPS) is 16.8. The minimum absolute atomic E-state index is 0.0222. The molecular weight excluding hydrogens is 318 g/mol. The zero-order valence-corrected chi connectivity index (χ0v) is 14.6. The summed E-state index contributed by atoms with van der Waals surface area (Å²) in [4.78, 5) is 13.3. The van der Waals surface area contributed by atoms with Crippen molar-refractivity contribution in [2.75, 3.05) is 27.3 Å². The second-order valence-electron chi connectivity index (χ2n) is 6.13. The minimum atomic E-state index is -0.134. The number of aliphatic hydroxyl groups is 1. The van der Waals surface area contributed by atoms with Crippen LogP contribution in [0, 0.1) is 0 Å². The van der Waals surface area contributed by atoms with E-state index in [1.54, 1.807) is 19.1 Å². The van der Waals surface area contributed by atoms with E-state index in [9.17, 15) is 9.90 Å². The van der Waals surface area contributed by atoms with E-state index in [1.807, 2.05) is 24.3 Å². The van der Waals surface area contributed by atoms with Crippen molar-refractivity contribution in [3.05, 3.63) is 58.7 Å². The van der Waals surface area contributed by atoms with Gasteiger partial charge in [0.1, 0.15) is 0 Å². The predicted octanol–water partition coefficient (Wildman–Crippen LogP) is 2.34. The summed E-state index contributed by atoms with van der Waals surface area (Å²) in [6.45, 7) is 1.08. The fraction of sp³-hybridized carbons (Fsp3) is 0.350. The van der Waals surface area contributed by atoms with Gasteiger partial charge in [0.05, 0.1) is 20.8 Å². The molecule has 2 aromatic rings. The average molecular weight is 341 g/mol. The standard InChI is InChI=1S/C20H23NO4/c1-24-19-10-16-15(18(12-22)20(19)25-2)8-9-21(13-23)11-17(16)14-6-4-3-5-7-14/h3-7,10,13,17,22H,8-9,11-12H2,1-2H3. The number of methoxy groups -OCH3 is 2. The molecule has 0 spiro atoms. The van der Waals surface area contributed by atoms with Crippen molar-refractivity contribution in [2.45, 2.75) is 18.9 Å². The van der Waals surface area contributed by atoms with Crippen molar-refractivity contribution in [1.82, 2.24) is 4.90 Å². The number of ether oxygens (including phenoxy) is 2. The Labute approximate surface area is 147 Å². The van der Waals surface area contributed by atoms with E-state index in [0.29, 0.717) is 31.0 Å². The van der Waals surface area contributed by atoms with Crippen molar-refractivity contribution in [3.63, 3.8) is 0 Å². The van der Waals surface area contributed by atoms with Crippen molar-refractivity contribution < 1.29 is 19.4 Å². The Morgan fingerprint density at radius 1 is 1.24 bits per heavy atom. The Bertz CT molecular complexity index is 745. The molecule has 0 fully saturated rings. The molecule has 1 aliphatic heterocycles. The number of hydrogen-bond acceptors (Lipinski definition) is 4. The summed E-state index contributed by atoms with van der Waals surface area (Å²) in [6, 6.07) is 12.1. The quantitative estimate of drug-likeness (QED) is 0.848. The van der Waals surface area contributed by atoms with Gasteiger partial charge in [0.25, 0.3) is 0 Å². The van der Waals surface area contributed by atoms with Crippen LogP contribution in [0.4, 0.5) is 0 Å². The van der Waals surface area contributed by atoms with E-state index < -0.39 is 0 Å². The van der Waals surface area contributed by atoms with Gasteiger partial charge in [-0.3, -0.25) is 4.79 Å². The molecule has 0 aromatic heterocycles. The Morgan fingerprint density at radius 2 is 2.00 bits per heavy atom.